The van der Waals surface area contributed by atoms with E-state index in [1.807, 2.05) is 11.0 Å². The number of nitrogens with one attached hydrogen (secondary N) is 1. The number of aryl methyl sites for hydroxylation is 1. The molecule has 240 valence electrons. The SMILES string of the molecule is Nc1ccc2c(c1)-c1ncc3c(nc(OC[C@@]45CCCN4C[C@H](F)C5)nc3c1F)N1CCCC(O)(CCNC(=O)CCCC2)C1. The molecule has 3 fully saturated rings. The average molecular weight is 622 g/mol. The normalized spacial score (nSPS) is 27.7. The van der Waals surface area contributed by atoms with Gasteiger partial charge in [-0.15, -0.1) is 0 Å². The van der Waals surface area contributed by atoms with Crippen molar-refractivity contribution in [3.05, 3.63) is 35.8 Å². The van der Waals surface area contributed by atoms with Crippen molar-refractivity contribution in [3.63, 3.8) is 0 Å². The van der Waals surface area contributed by atoms with Gasteiger partial charge in [-0.2, -0.15) is 9.97 Å². The Kier molecular flexibility index (Phi) is 7.97. The standard InChI is InChI=1S/C33H41F2N7O3/c34-22-16-32(9-3-14-42(32)18-22)20-45-31-39-29-25-17-38-28(27(29)35)24-15-23(36)8-7-21(24)5-1-2-6-26(43)37-12-11-33(44)10-4-13-41(19-33)30(25)40-31/h7-8,15,17,22,44H,1-6,9-14,16,18-20,36H2,(H,37,43)/t22-,32+,33?/m1/s1. The molecule has 1 amide bonds. The highest BCUT2D eigenvalue weighted by molar-refractivity contribution is 5.92. The summed E-state index contributed by atoms with van der Waals surface area (Å²) in [5.41, 5.74) is 6.82. The largest absolute Gasteiger partial charge is 0.461 e. The second-order valence-electron chi connectivity index (χ2n) is 13.3. The molecule has 1 aromatic carbocycles. The molecule has 5 aliphatic heterocycles. The lowest BCUT2D eigenvalue weighted by molar-refractivity contribution is -0.121. The monoisotopic (exact) mass is 621 g/mol. The van der Waals surface area contributed by atoms with Crippen LogP contribution in [0.5, 0.6) is 6.01 Å². The molecule has 3 atom stereocenters. The summed E-state index contributed by atoms with van der Waals surface area (Å²) in [4.78, 5) is 30.6. The maximum Gasteiger partial charge on any atom is 0.319 e. The lowest BCUT2D eigenvalue weighted by Gasteiger charge is -2.40. The number of carbonyl (C=O) groups excluding carboxylic acids is 1. The molecule has 0 aliphatic carbocycles. The van der Waals surface area contributed by atoms with E-state index in [0.717, 1.165) is 31.4 Å². The van der Waals surface area contributed by atoms with Crippen molar-refractivity contribution in [2.45, 2.75) is 81.5 Å². The molecule has 4 N–H and O–H groups in total. The Morgan fingerprint density at radius 2 is 1.96 bits per heavy atom. The van der Waals surface area contributed by atoms with Crippen molar-refractivity contribution in [1.29, 1.82) is 0 Å². The van der Waals surface area contributed by atoms with Crippen LogP contribution in [0.2, 0.25) is 0 Å². The molecule has 1 unspecified atom stereocenters. The van der Waals surface area contributed by atoms with Crippen LogP contribution in [0.4, 0.5) is 20.3 Å². The molecule has 0 saturated carbocycles. The zero-order valence-electron chi connectivity index (χ0n) is 25.5. The molecule has 3 saturated heterocycles. The number of halogens is 2. The van der Waals surface area contributed by atoms with E-state index < -0.39 is 23.1 Å². The van der Waals surface area contributed by atoms with Gasteiger partial charge in [-0.05, 0) is 75.6 Å². The van der Waals surface area contributed by atoms with E-state index >= 15 is 4.39 Å². The Bertz CT molecular complexity index is 1610. The minimum Gasteiger partial charge on any atom is -0.461 e. The second kappa shape index (κ2) is 11.9. The molecule has 45 heavy (non-hydrogen) atoms. The number of aromatic nitrogens is 3. The highest BCUT2D eigenvalue weighted by atomic mass is 19.1. The Hall–Kier alpha value is -3.64. The van der Waals surface area contributed by atoms with Crippen molar-refractivity contribution in [2.24, 2.45) is 0 Å². The fourth-order valence-corrected chi connectivity index (χ4v) is 7.82. The number of hydrogen-bond acceptors (Lipinski definition) is 9. The van der Waals surface area contributed by atoms with Crippen molar-refractivity contribution >= 4 is 28.3 Å². The number of nitrogens with zero attached hydrogens (tertiary/aromatic N) is 5. The number of pyridine rings is 1. The van der Waals surface area contributed by atoms with Gasteiger partial charge in [-0.3, -0.25) is 14.7 Å². The molecule has 8 rings (SSSR count). The van der Waals surface area contributed by atoms with Crippen LogP contribution in [0, 0.1) is 5.82 Å². The van der Waals surface area contributed by atoms with Crippen LogP contribution < -0.4 is 20.7 Å². The number of piperidine rings is 1. The summed E-state index contributed by atoms with van der Waals surface area (Å²) < 4.78 is 37.4. The molecule has 2 aromatic heterocycles. The lowest BCUT2D eigenvalue weighted by atomic mass is 9.89. The van der Waals surface area contributed by atoms with Gasteiger partial charge in [0.15, 0.2) is 5.82 Å². The summed E-state index contributed by atoms with van der Waals surface area (Å²) >= 11 is 0. The van der Waals surface area contributed by atoms with Crippen LogP contribution in [-0.4, -0.2) is 87.5 Å². The maximum absolute atomic E-state index is 16.7. The average Bonchev–Trinajstić information content (AvgIpc) is 3.54. The molecule has 0 radical (unpaired) electrons. The summed E-state index contributed by atoms with van der Waals surface area (Å²) in [5, 5.41) is 15.0. The van der Waals surface area contributed by atoms with Crippen LogP contribution in [0.15, 0.2) is 24.4 Å². The molecule has 7 heterocycles. The van der Waals surface area contributed by atoms with E-state index in [1.54, 1.807) is 18.3 Å². The Morgan fingerprint density at radius 1 is 1.11 bits per heavy atom. The molecule has 6 bridgehead atoms. The van der Waals surface area contributed by atoms with Gasteiger partial charge in [0, 0.05) is 56.5 Å². The topological polar surface area (TPSA) is 130 Å². The van der Waals surface area contributed by atoms with E-state index in [0.29, 0.717) is 87.0 Å². The maximum atomic E-state index is 16.7. The fraction of sp³-hybridized carbons (Fsp3) is 0.576. The van der Waals surface area contributed by atoms with Gasteiger partial charge < -0.3 is 25.8 Å². The predicted molar refractivity (Wildman–Crippen MR) is 167 cm³/mol. The Morgan fingerprint density at radius 3 is 2.84 bits per heavy atom. The summed E-state index contributed by atoms with van der Waals surface area (Å²) in [6.45, 7) is 2.63. The number of alkyl halides is 1. The zero-order chi connectivity index (χ0) is 31.2. The van der Waals surface area contributed by atoms with Crippen LogP contribution >= 0.6 is 0 Å². The first kappa shape index (κ1) is 30.0. The summed E-state index contributed by atoms with van der Waals surface area (Å²) in [6.07, 6.45) is 6.90. The van der Waals surface area contributed by atoms with E-state index in [2.05, 4.69) is 20.2 Å². The number of rotatable bonds is 3. The van der Waals surface area contributed by atoms with Gasteiger partial charge in [0.2, 0.25) is 5.91 Å². The first-order valence-corrected chi connectivity index (χ1v) is 16.2. The third-order valence-electron chi connectivity index (χ3n) is 10.1. The third kappa shape index (κ3) is 5.90. The number of benzene rings is 1. The second-order valence-corrected chi connectivity index (χ2v) is 13.3. The Balaban J connectivity index is 1.33. The van der Waals surface area contributed by atoms with E-state index in [-0.39, 0.29) is 36.3 Å². The summed E-state index contributed by atoms with van der Waals surface area (Å²) in [5.74, 6) is -0.223. The molecule has 3 aromatic rings. The zero-order valence-corrected chi connectivity index (χ0v) is 25.5. The first-order chi connectivity index (χ1) is 21.7. The van der Waals surface area contributed by atoms with Crippen molar-refractivity contribution < 1.29 is 23.4 Å². The highest BCUT2D eigenvalue weighted by Gasteiger charge is 2.49. The van der Waals surface area contributed by atoms with Gasteiger partial charge in [0.25, 0.3) is 0 Å². The molecule has 10 nitrogen and oxygen atoms in total. The molecule has 0 spiro atoms. The van der Waals surface area contributed by atoms with Gasteiger partial charge in [0.05, 0.1) is 16.5 Å². The predicted octanol–water partition coefficient (Wildman–Crippen LogP) is 3.93. The van der Waals surface area contributed by atoms with Crippen molar-refractivity contribution in [2.75, 3.05) is 50.0 Å². The molecule has 12 heteroatoms. The number of carbonyl (C=O) groups is 1. The number of amides is 1. The van der Waals surface area contributed by atoms with E-state index in [1.165, 1.54) is 0 Å². The minimum absolute atomic E-state index is 0.0145. The van der Waals surface area contributed by atoms with Crippen LogP contribution in [0.1, 0.15) is 63.4 Å². The number of nitrogens with two attached hydrogens (primary N) is 1. The third-order valence-corrected chi connectivity index (χ3v) is 10.1. The minimum atomic E-state index is -1.07. The summed E-state index contributed by atoms with van der Waals surface area (Å²) in [7, 11) is 0. The quantitative estimate of drug-likeness (QED) is 0.373. The van der Waals surface area contributed by atoms with Gasteiger partial charge in [0.1, 0.15) is 29.8 Å². The smallest absolute Gasteiger partial charge is 0.319 e. The lowest BCUT2D eigenvalue weighted by Crippen LogP contribution is -2.50. The number of nitrogen functional groups attached to an aromatic ring is 1. The van der Waals surface area contributed by atoms with Crippen LogP contribution in [0.25, 0.3) is 22.2 Å². The number of anilines is 2. The number of hydrogen-bond donors (Lipinski definition) is 3. The van der Waals surface area contributed by atoms with Crippen molar-refractivity contribution in [1.82, 2.24) is 25.2 Å². The van der Waals surface area contributed by atoms with Crippen LogP contribution in [0.3, 0.4) is 0 Å². The van der Waals surface area contributed by atoms with Crippen LogP contribution in [-0.2, 0) is 11.2 Å². The molecular weight excluding hydrogens is 580 g/mol. The summed E-state index contributed by atoms with van der Waals surface area (Å²) in [6, 6.07) is 5.41. The van der Waals surface area contributed by atoms with E-state index in [4.69, 9.17) is 15.5 Å². The molecule has 5 aliphatic rings. The van der Waals surface area contributed by atoms with Crippen molar-refractivity contribution in [3.8, 4) is 17.3 Å². The Labute approximate surface area is 261 Å². The fourth-order valence-electron chi connectivity index (χ4n) is 7.82. The van der Waals surface area contributed by atoms with E-state index in [9.17, 15) is 14.3 Å². The van der Waals surface area contributed by atoms with Gasteiger partial charge in [-0.1, -0.05) is 6.07 Å². The van der Waals surface area contributed by atoms with Gasteiger partial charge >= 0.3 is 6.01 Å². The molecular formula is C33H41F2N7O3. The number of aliphatic hydroxyl groups is 1. The number of ether oxygens (including phenoxy) is 1. The first-order valence-electron chi connectivity index (χ1n) is 16.2. The highest BCUT2D eigenvalue weighted by Crippen LogP contribution is 2.41. The number of fused-ring (bicyclic) bond motifs is 9. The van der Waals surface area contributed by atoms with Gasteiger partial charge in [-0.25, -0.2) is 8.78 Å².